The highest BCUT2D eigenvalue weighted by atomic mass is 79.9. The van der Waals surface area contributed by atoms with Gasteiger partial charge >= 0.3 is 0 Å². The number of benzene rings is 2. The van der Waals surface area contributed by atoms with E-state index in [2.05, 4.69) is 15.9 Å². The SMILES string of the molecule is COc1ccc(C(=O)[C@H](Br)c2ccc(OC)c(OC)c2)cc1OC. The summed E-state index contributed by atoms with van der Waals surface area (Å²) in [6.45, 7) is 0. The predicted molar refractivity (Wildman–Crippen MR) is 95.1 cm³/mol. The first-order valence-electron chi connectivity index (χ1n) is 7.18. The number of ether oxygens (including phenoxy) is 4. The summed E-state index contributed by atoms with van der Waals surface area (Å²) in [6.07, 6.45) is 0. The molecular formula is C18H19BrO5. The van der Waals surface area contributed by atoms with Crippen LogP contribution in [0.4, 0.5) is 0 Å². The molecule has 0 radical (unpaired) electrons. The van der Waals surface area contributed by atoms with Crippen LogP contribution in [0.1, 0.15) is 20.7 Å². The van der Waals surface area contributed by atoms with Crippen LogP contribution in [0.5, 0.6) is 23.0 Å². The third-order valence-electron chi connectivity index (χ3n) is 3.60. The zero-order valence-electron chi connectivity index (χ0n) is 14.0. The molecule has 0 aromatic heterocycles. The van der Waals surface area contributed by atoms with Crippen LogP contribution < -0.4 is 18.9 Å². The third-order valence-corrected chi connectivity index (χ3v) is 4.54. The Morgan fingerprint density at radius 2 is 1.29 bits per heavy atom. The monoisotopic (exact) mass is 394 g/mol. The molecule has 0 saturated heterocycles. The van der Waals surface area contributed by atoms with Gasteiger partial charge in [-0.05, 0) is 35.9 Å². The Morgan fingerprint density at radius 3 is 1.83 bits per heavy atom. The van der Waals surface area contributed by atoms with Gasteiger partial charge in [-0.2, -0.15) is 0 Å². The molecule has 0 aliphatic heterocycles. The lowest BCUT2D eigenvalue weighted by Crippen LogP contribution is -2.08. The average molecular weight is 395 g/mol. The van der Waals surface area contributed by atoms with E-state index in [0.717, 1.165) is 5.56 Å². The maximum absolute atomic E-state index is 12.8. The fourth-order valence-electron chi connectivity index (χ4n) is 2.30. The first-order valence-corrected chi connectivity index (χ1v) is 8.09. The van der Waals surface area contributed by atoms with Gasteiger partial charge in [0.05, 0.1) is 28.4 Å². The van der Waals surface area contributed by atoms with Crippen LogP contribution in [0.25, 0.3) is 0 Å². The molecule has 5 nitrogen and oxygen atoms in total. The van der Waals surface area contributed by atoms with Crippen molar-refractivity contribution in [3.05, 3.63) is 47.5 Å². The maximum atomic E-state index is 12.8. The lowest BCUT2D eigenvalue weighted by molar-refractivity contribution is 0.0991. The summed E-state index contributed by atoms with van der Waals surface area (Å²) >= 11 is 3.46. The quantitative estimate of drug-likeness (QED) is 0.523. The van der Waals surface area contributed by atoms with Gasteiger partial charge in [-0.3, -0.25) is 4.79 Å². The van der Waals surface area contributed by atoms with Crippen LogP contribution in [-0.4, -0.2) is 34.2 Å². The Kier molecular flexibility index (Phi) is 6.09. The van der Waals surface area contributed by atoms with E-state index in [0.29, 0.717) is 28.6 Å². The van der Waals surface area contributed by atoms with Gasteiger partial charge in [-0.25, -0.2) is 0 Å². The van der Waals surface area contributed by atoms with E-state index in [1.807, 2.05) is 6.07 Å². The largest absolute Gasteiger partial charge is 0.493 e. The summed E-state index contributed by atoms with van der Waals surface area (Å²) in [4.78, 5) is 12.2. The number of methoxy groups -OCH3 is 4. The molecule has 1 atom stereocenters. The Morgan fingerprint density at radius 1 is 0.792 bits per heavy atom. The number of carbonyl (C=O) groups excluding carboxylic acids is 1. The molecule has 128 valence electrons. The van der Waals surface area contributed by atoms with Crippen LogP contribution in [0, 0.1) is 0 Å². The Balaban J connectivity index is 2.32. The molecule has 2 rings (SSSR count). The van der Waals surface area contributed by atoms with Gasteiger partial charge in [-0.15, -0.1) is 0 Å². The van der Waals surface area contributed by atoms with Crippen molar-refractivity contribution in [2.24, 2.45) is 0 Å². The van der Waals surface area contributed by atoms with Crippen LogP contribution in [-0.2, 0) is 0 Å². The number of Topliss-reactive ketones (excluding diaryl/α,β-unsaturated/α-hetero) is 1. The lowest BCUT2D eigenvalue weighted by Gasteiger charge is -2.14. The van der Waals surface area contributed by atoms with Crippen molar-refractivity contribution in [3.63, 3.8) is 0 Å². The average Bonchev–Trinajstić information content (AvgIpc) is 2.65. The smallest absolute Gasteiger partial charge is 0.181 e. The molecule has 0 aliphatic carbocycles. The van der Waals surface area contributed by atoms with Gasteiger partial charge in [0.2, 0.25) is 0 Å². The first kappa shape index (κ1) is 18.1. The van der Waals surface area contributed by atoms with E-state index in [1.54, 1.807) is 51.7 Å². The summed E-state index contributed by atoms with van der Waals surface area (Å²) in [7, 11) is 6.21. The third kappa shape index (κ3) is 3.64. The molecule has 0 spiro atoms. The number of rotatable bonds is 7. The molecule has 0 aliphatic rings. The first-order chi connectivity index (χ1) is 11.5. The van der Waals surface area contributed by atoms with E-state index >= 15 is 0 Å². The molecule has 24 heavy (non-hydrogen) atoms. The standard InChI is InChI=1S/C18H19BrO5/c1-21-13-7-5-11(9-15(13)23-3)17(19)18(20)12-6-8-14(22-2)16(10-12)24-4/h5-10,17H,1-4H3/t17-/m1/s1. The number of alkyl halides is 1. The summed E-state index contributed by atoms with van der Waals surface area (Å²) in [6, 6.07) is 10.4. The maximum Gasteiger partial charge on any atom is 0.181 e. The minimum atomic E-state index is -0.518. The normalized spacial score (nSPS) is 11.5. The molecule has 0 bridgehead atoms. The predicted octanol–water partition coefficient (Wildman–Crippen LogP) is 4.04. The second kappa shape index (κ2) is 8.06. The summed E-state index contributed by atoms with van der Waals surface area (Å²) in [5.41, 5.74) is 1.29. The van der Waals surface area contributed by atoms with Gasteiger partial charge in [0.25, 0.3) is 0 Å². The van der Waals surface area contributed by atoms with Gasteiger partial charge in [0, 0.05) is 5.56 Å². The summed E-state index contributed by atoms with van der Waals surface area (Å²) in [5.74, 6) is 2.17. The second-order valence-electron chi connectivity index (χ2n) is 4.91. The Labute approximate surface area is 149 Å². The minimum Gasteiger partial charge on any atom is -0.493 e. The van der Waals surface area contributed by atoms with Crippen molar-refractivity contribution in [3.8, 4) is 23.0 Å². The highest BCUT2D eigenvalue weighted by molar-refractivity contribution is 9.09. The van der Waals surface area contributed by atoms with E-state index in [1.165, 1.54) is 7.11 Å². The van der Waals surface area contributed by atoms with Gasteiger partial charge in [-0.1, -0.05) is 22.0 Å². The minimum absolute atomic E-state index is 0.0943. The zero-order chi connectivity index (χ0) is 17.7. The molecule has 6 heteroatoms. The molecule has 0 heterocycles. The van der Waals surface area contributed by atoms with E-state index < -0.39 is 4.83 Å². The highest BCUT2D eigenvalue weighted by Crippen LogP contribution is 2.36. The van der Waals surface area contributed by atoms with E-state index in [-0.39, 0.29) is 5.78 Å². The molecular weight excluding hydrogens is 376 g/mol. The van der Waals surface area contributed by atoms with Crippen LogP contribution >= 0.6 is 15.9 Å². The number of hydrogen-bond acceptors (Lipinski definition) is 5. The Hall–Kier alpha value is -2.21. The zero-order valence-corrected chi connectivity index (χ0v) is 15.5. The van der Waals surface area contributed by atoms with Crippen molar-refractivity contribution >= 4 is 21.7 Å². The molecule has 2 aromatic rings. The van der Waals surface area contributed by atoms with Crippen LogP contribution in [0.15, 0.2) is 36.4 Å². The highest BCUT2D eigenvalue weighted by Gasteiger charge is 2.22. The van der Waals surface area contributed by atoms with Gasteiger partial charge < -0.3 is 18.9 Å². The van der Waals surface area contributed by atoms with Crippen molar-refractivity contribution in [1.29, 1.82) is 0 Å². The van der Waals surface area contributed by atoms with Crippen LogP contribution in [0.3, 0.4) is 0 Å². The second-order valence-corrected chi connectivity index (χ2v) is 5.83. The fraction of sp³-hybridized carbons (Fsp3) is 0.278. The molecule has 0 fully saturated rings. The number of carbonyl (C=O) groups is 1. The number of halogens is 1. The van der Waals surface area contributed by atoms with E-state index in [9.17, 15) is 4.79 Å². The molecule has 0 saturated carbocycles. The number of hydrogen-bond donors (Lipinski definition) is 0. The van der Waals surface area contributed by atoms with Gasteiger partial charge in [0.15, 0.2) is 28.8 Å². The van der Waals surface area contributed by atoms with Crippen molar-refractivity contribution in [2.75, 3.05) is 28.4 Å². The molecule has 0 amide bonds. The van der Waals surface area contributed by atoms with Crippen molar-refractivity contribution in [2.45, 2.75) is 4.83 Å². The van der Waals surface area contributed by atoms with Crippen molar-refractivity contribution < 1.29 is 23.7 Å². The summed E-state index contributed by atoms with van der Waals surface area (Å²) in [5, 5.41) is 0. The topological polar surface area (TPSA) is 54.0 Å². The molecule has 2 aromatic carbocycles. The van der Waals surface area contributed by atoms with Crippen molar-refractivity contribution in [1.82, 2.24) is 0 Å². The molecule has 0 N–H and O–H groups in total. The van der Waals surface area contributed by atoms with E-state index in [4.69, 9.17) is 18.9 Å². The van der Waals surface area contributed by atoms with Crippen LogP contribution in [0.2, 0.25) is 0 Å². The molecule has 0 unspecified atom stereocenters. The number of ketones is 1. The lowest BCUT2D eigenvalue weighted by atomic mass is 10.0. The summed E-state index contributed by atoms with van der Waals surface area (Å²) < 4.78 is 20.9. The Bertz CT molecular complexity index is 729. The fourth-order valence-corrected chi connectivity index (χ4v) is 2.85. The van der Waals surface area contributed by atoms with Gasteiger partial charge in [0.1, 0.15) is 4.83 Å².